The maximum Gasteiger partial charge on any atom is 0.0459 e. The number of hydrogen-bond donors (Lipinski definition) is 2. The van der Waals surface area contributed by atoms with Crippen molar-refractivity contribution in [1.29, 1.82) is 0 Å². The summed E-state index contributed by atoms with van der Waals surface area (Å²) in [4.78, 5) is 8.74. The molecule has 21 heavy (non-hydrogen) atoms. The van der Waals surface area contributed by atoms with E-state index < -0.39 is 0 Å². The van der Waals surface area contributed by atoms with Crippen molar-refractivity contribution in [3.63, 3.8) is 0 Å². The van der Waals surface area contributed by atoms with Crippen LogP contribution in [0.25, 0.3) is 10.9 Å². The van der Waals surface area contributed by atoms with Gasteiger partial charge < -0.3 is 15.0 Å². The van der Waals surface area contributed by atoms with E-state index in [0.717, 1.165) is 45.6 Å². The van der Waals surface area contributed by atoms with Gasteiger partial charge in [0.05, 0.1) is 0 Å². The number of nitrogens with zero attached hydrogens (tertiary/aromatic N) is 2. The summed E-state index contributed by atoms with van der Waals surface area (Å²) >= 11 is 0. The molecule has 0 radical (unpaired) electrons. The van der Waals surface area contributed by atoms with Gasteiger partial charge in [-0.05, 0) is 24.5 Å². The summed E-state index contributed by atoms with van der Waals surface area (Å²) in [6, 6.07) is 9.29. The Morgan fingerprint density at radius 1 is 1.24 bits per heavy atom. The Balaban J connectivity index is 1.57. The van der Waals surface area contributed by atoms with Crippen molar-refractivity contribution in [1.82, 2.24) is 14.8 Å². The molecule has 0 saturated carbocycles. The molecule has 0 aliphatic carbocycles. The highest BCUT2D eigenvalue weighted by molar-refractivity contribution is 5.84. The summed E-state index contributed by atoms with van der Waals surface area (Å²) in [6.45, 7) is 5.80. The number of rotatable bonds is 3. The molecule has 2 aromatic rings. The Morgan fingerprint density at radius 3 is 3.05 bits per heavy atom. The number of piperazine rings is 1. The lowest BCUT2D eigenvalue weighted by Gasteiger charge is -2.44. The van der Waals surface area contributed by atoms with E-state index in [1.165, 1.54) is 22.2 Å². The first-order valence-electron chi connectivity index (χ1n) is 8.01. The number of aromatic amines is 1. The van der Waals surface area contributed by atoms with E-state index in [1.54, 1.807) is 0 Å². The quantitative estimate of drug-likeness (QED) is 0.900. The van der Waals surface area contributed by atoms with Crippen LogP contribution in [0.3, 0.4) is 0 Å². The Morgan fingerprint density at radius 2 is 2.14 bits per heavy atom. The molecule has 1 aromatic carbocycles. The maximum absolute atomic E-state index is 9.01. The Kier molecular flexibility index (Phi) is 3.45. The highest BCUT2D eigenvalue weighted by Crippen LogP contribution is 2.31. The van der Waals surface area contributed by atoms with E-state index in [1.807, 2.05) is 0 Å². The second-order valence-electron chi connectivity index (χ2n) is 6.33. The Hall–Kier alpha value is -1.36. The number of fused-ring (bicyclic) bond motifs is 4. The molecule has 0 spiro atoms. The molecule has 4 nitrogen and oxygen atoms in total. The van der Waals surface area contributed by atoms with Crippen LogP contribution in [0, 0.1) is 0 Å². The number of hydrogen-bond acceptors (Lipinski definition) is 3. The van der Waals surface area contributed by atoms with Crippen LogP contribution < -0.4 is 0 Å². The summed E-state index contributed by atoms with van der Waals surface area (Å²) in [5, 5.41) is 10.4. The average Bonchev–Trinajstić information content (AvgIpc) is 2.88. The highest BCUT2D eigenvalue weighted by Gasteiger charge is 2.32. The summed E-state index contributed by atoms with van der Waals surface area (Å²) in [6.07, 6.45) is 2.04. The van der Waals surface area contributed by atoms with Crippen molar-refractivity contribution in [2.45, 2.75) is 25.4 Å². The summed E-state index contributed by atoms with van der Waals surface area (Å²) < 4.78 is 0. The minimum absolute atomic E-state index is 0.303. The first-order chi connectivity index (χ1) is 10.3. The first-order valence-corrected chi connectivity index (χ1v) is 8.01. The van der Waals surface area contributed by atoms with E-state index in [0.29, 0.717) is 12.6 Å². The molecule has 2 aliphatic rings. The zero-order valence-corrected chi connectivity index (χ0v) is 12.4. The lowest BCUT2D eigenvalue weighted by atomic mass is 9.95. The van der Waals surface area contributed by atoms with Gasteiger partial charge in [-0.3, -0.25) is 4.90 Å². The molecular weight excluding hydrogens is 262 g/mol. The summed E-state index contributed by atoms with van der Waals surface area (Å²) in [5.41, 5.74) is 4.21. The van der Waals surface area contributed by atoms with Gasteiger partial charge in [-0.15, -0.1) is 0 Å². The van der Waals surface area contributed by atoms with Crippen molar-refractivity contribution >= 4 is 10.9 Å². The second kappa shape index (κ2) is 5.44. The van der Waals surface area contributed by atoms with Crippen LogP contribution in [-0.2, 0) is 13.0 Å². The second-order valence-corrected chi connectivity index (χ2v) is 6.33. The van der Waals surface area contributed by atoms with Gasteiger partial charge in [-0.2, -0.15) is 0 Å². The van der Waals surface area contributed by atoms with Crippen LogP contribution in [0.4, 0.5) is 0 Å². The minimum atomic E-state index is 0.303. The van der Waals surface area contributed by atoms with Crippen LogP contribution in [0.2, 0.25) is 0 Å². The number of H-pyrrole nitrogens is 1. The standard InChI is InChI=1S/C17H23N3O/c21-9-3-6-19-7-8-20-12-17-15(10-13(20)11-19)14-4-1-2-5-16(14)18-17/h1-2,4-5,13,18,21H,3,6-12H2/t13-/m1/s1. The van der Waals surface area contributed by atoms with Gasteiger partial charge in [0, 0.05) is 62.0 Å². The number of aromatic nitrogens is 1. The van der Waals surface area contributed by atoms with Crippen LogP contribution in [0.15, 0.2) is 24.3 Å². The zero-order valence-electron chi connectivity index (χ0n) is 12.4. The minimum Gasteiger partial charge on any atom is -0.396 e. The van der Waals surface area contributed by atoms with Crippen molar-refractivity contribution in [2.24, 2.45) is 0 Å². The fourth-order valence-electron chi connectivity index (χ4n) is 3.92. The average molecular weight is 285 g/mol. The number of aliphatic hydroxyl groups is 1. The first kappa shape index (κ1) is 13.3. The normalized spacial score (nSPS) is 23.2. The van der Waals surface area contributed by atoms with Gasteiger partial charge in [-0.1, -0.05) is 18.2 Å². The van der Waals surface area contributed by atoms with E-state index in [9.17, 15) is 0 Å². The SMILES string of the molecule is OCCCN1CCN2Cc3[nH]c4ccccc4c3C[C@@H]2C1. The van der Waals surface area contributed by atoms with E-state index in [4.69, 9.17) is 5.11 Å². The predicted molar refractivity (Wildman–Crippen MR) is 84.3 cm³/mol. The van der Waals surface area contributed by atoms with E-state index in [2.05, 4.69) is 39.0 Å². The van der Waals surface area contributed by atoms with Gasteiger partial charge in [-0.25, -0.2) is 0 Å². The van der Waals surface area contributed by atoms with Gasteiger partial charge in [0.25, 0.3) is 0 Å². The van der Waals surface area contributed by atoms with Crippen molar-refractivity contribution < 1.29 is 5.11 Å². The molecule has 4 heteroatoms. The Bertz CT molecular complexity index is 636. The number of benzene rings is 1. The van der Waals surface area contributed by atoms with E-state index in [-0.39, 0.29) is 0 Å². The van der Waals surface area contributed by atoms with Gasteiger partial charge in [0.1, 0.15) is 0 Å². The molecule has 0 amide bonds. The molecular formula is C17H23N3O. The van der Waals surface area contributed by atoms with Crippen molar-refractivity contribution in [3.05, 3.63) is 35.5 Å². The predicted octanol–water partition coefficient (Wildman–Crippen LogP) is 1.59. The summed E-state index contributed by atoms with van der Waals surface area (Å²) in [5.74, 6) is 0. The molecule has 112 valence electrons. The smallest absolute Gasteiger partial charge is 0.0459 e. The van der Waals surface area contributed by atoms with Gasteiger partial charge >= 0.3 is 0 Å². The lowest BCUT2D eigenvalue weighted by Crippen LogP contribution is -2.55. The fraction of sp³-hybridized carbons (Fsp3) is 0.529. The highest BCUT2D eigenvalue weighted by atomic mass is 16.3. The largest absolute Gasteiger partial charge is 0.396 e. The van der Waals surface area contributed by atoms with Crippen LogP contribution >= 0.6 is 0 Å². The topological polar surface area (TPSA) is 42.5 Å². The van der Waals surface area contributed by atoms with Crippen molar-refractivity contribution in [3.8, 4) is 0 Å². The van der Waals surface area contributed by atoms with Crippen LogP contribution in [0.1, 0.15) is 17.7 Å². The van der Waals surface area contributed by atoms with Crippen LogP contribution in [0.5, 0.6) is 0 Å². The number of nitrogens with one attached hydrogen (secondary N) is 1. The molecule has 0 bridgehead atoms. The third kappa shape index (κ3) is 2.37. The number of para-hydroxylation sites is 1. The van der Waals surface area contributed by atoms with E-state index >= 15 is 0 Å². The van der Waals surface area contributed by atoms with Crippen LogP contribution in [-0.4, -0.2) is 58.7 Å². The van der Waals surface area contributed by atoms with Crippen molar-refractivity contribution in [2.75, 3.05) is 32.8 Å². The number of aliphatic hydroxyl groups excluding tert-OH is 1. The Labute approximate surface area is 125 Å². The fourth-order valence-corrected chi connectivity index (χ4v) is 3.92. The lowest BCUT2D eigenvalue weighted by molar-refractivity contribution is 0.0568. The molecule has 1 fully saturated rings. The molecule has 1 atom stereocenters. The molecule has 4 rings (SSSR count). The molecule has 0 unspecified atom stereocenters. The monoisotopic (exact) mass is 285 g/mol. The third-order valence-electron chi connectivity index (χ3n) is 5.02. The molecule has 3 heterocycles. The summed E-state index contributed by atoms with van der Waals surface area (Å²) in [7, 11) is 0. The molecule has 1 saturated heterocycles. The van der Waals surface area contributed by atoms with Gasteiger partial charge in [0.15, 0.2) is 0 Å². The molecule has 2 N–H and O–H groups in total. The molecule has 1 aromatic heterocycles. The van der Waals surface area contributed by atoms with Gasteiger partial charge in [0.2, 0.25) is 0 Å². The third-order valence-corrected chi connectivity index (χ3v) is 5.02. The zero-order chi connectivity index (χ0) is 14.2. The molecule has 2 aliphatic heterocycles. The maximum atomic E-state index is 9.01.